The highest BCUT2D eigenvalue weighted by atomic mass is 35.5. The molecule has 8 nitrogen and oxygen atoms in total. The van der Waals surface area contributed by atoms with Gasteiger partial charge in [0, 0.05) is 46.5 Å². The van der Waals surface area contributed by atoms with Gasteiger partial charge in [-0.25, -0.2) is 0 Å². The highest BCUT2D eigenvalue weighted by Gasteiger charge is 2.22. The molecule has 170 valence electrons. The van der Waals surface area contributed by atoms with Crippen molar-refractivity contribution in [2.24, 2.45) is 0 Å². The second kappa shape index (κ2) is 10.1. The first-order valence-electron chi connectivity index (χ1n) is 10.1. The standard InChI is InChI=1S/C23H19Cl2N3O5/c24-16-11-15(12-17(25)13-16)22-5-2-19(33-22)3-6-23(29)26-18-1-4-20(21(14-18)28(30)31)27-7-9-32-10-8-27/h1-6,11-14H,7-10H2,(H,26,29)/b6-3+. The molecule has 0 unspecified atom stereocenters. The quantitative estimate of drug-likeness (QED) is 0.274. The predicted octanol–water partition coefficient (Wildman–Crippen LogP) is 5.65. The van der Waals surface area contributed by atoms with Gasteiger partial charge in [-0.3, -0.25) is 14.9 Å². The Labute approximate surface area is 199 Å². The van der Waals surface area contributed by atoms with Crippen molar-refractivity contribution in [1.82, 2.24) is 0 Å². The van der Waals surface area contributed by atoms with Crippen LogP contribution in [-0.2, 0) is 9.53 Å². The Bertz CT molecular complexity index is 1200. The van der Waals surface area contributed by atoms with E-state index >= 15 is 0 Å². The van der Waals surface area contributed by atoms with Crippen LogP contribution in [-0.4, -0.2) is 37.1 Å². The fraction of sp³-hybridized carbons (Fsp3) is 0.174. The summed E-state index contributed by atoms with van der Waals surface area (Å²) in [5, 5.41) is 15.2. The Hall–Kier alpha value is -3.33. The Morgan fingerprint density at radius 3 is 2.48 bits per heavy atom. The molecular weight excluding hydrogens is 469 g/mol. The SMILES string of the molecule is O=C(/C=C/c1ccc(-c2cc(Cl)cc(Cl)c2)o1)Nc1ccc(N2CCOCC2)c([N+](=O)[O-])c1. The number of morpholine rings is 1. The summed E-state index contributed by atoms with van der Waals surface area (Å²) in [6, 6.07) is 13.1. The number of halogens is 2. The molecule has 1 saturated heterocycles. The van der Waals surface area contributed by atoms with E-state index in [0.29, 0.717) is 64.8 Å². The van der Waals surface area contributed by atoms with Gasteiger partial charge in [-0.1, -0.05) is 23.2 Å². The molecule has 3 aromatic rings. The number of furan rings is 1. The maximum absolute atomic E-state index is 12.3. The molecule has 2 heterocycles. The van der Waals surface area contributed by atoms with E-state index in [2.05, 4.69) is 5.32 Å². The van der Waals surface area contributed by atoms with Crippen molar-refractivity contribution in [1.29, 1.82) is 0 Å². The molecular formula is C23H19Cl2N3O5. The normalized spacial score (nSPS) is 13.9. The van der Waals surface area contributed by atoms with E-state index in [4.69, 9.17) is 32.4 Å². The molecule has 10 heteroatoms. The van der Waals surface area contributed by atoms with Gasteiger partial charge < -0.3 is 19.4 Å². The van der Waals surface area contributed by atoms with Crippen molar-refractivity contribution in [3.8, 4) is 11.3 Å². The Morgan fingerprint density at radius 1 is 1.06 bits per heavy atom. The summed E-state index contributed by atoms with van der Waals surface area (Å²) in [6.45, 7) is 2.17. The molecule has 0 radical (unpaired) electrons. The van der Waals surface area contributed by atoms with Crippen LogP contribution in [0.25, 0.3) is 17.4 Å². The zero-order valence-electron chi connectivity index (χ0n) is 17.3. The predicted molar refractivity (Wildman–Crippen MR) is 128 cm³/mol. The summed E-state index contributed by atoms with van der Waals surface area (Å²) >= 11 is 12.1. The molecule has 0 saturated carbocycles. The van der Waals surface area contributed by atoms with Crippen LogP contribution in [0.1, 0.15) is 5.76 Å². The van der Waals surface area contributed by atoms with Crippen LogP contribution in [0, 0.1) is 10.1 Å². The van der Waals surface area contributed by atoms with Crippen LogP contribution < -0.4 is 10.2 Å². The maximum Gasteiger partial charge on any atom is 0.294 e. The van der Waals surface area contributed by atoms with Gasteiger partial charge in [0.2, 0.25) is 5.91 Å². The minimum absolute atomic E-state index is 0.0745. The van der Waals surface area contributed by atoms with Gasteiger partial charge in [0.05, 0.1) is 18.1 Å². The number of carbonyl (C=O) groups excluding carboxylic acids is 1. The topological polar surface area (TPSA) is 97.9 Å². The van der Waals surface area contributed by atoms with E-state index in [9.17, 15) is 14.9 Å². The molecule has 1 N–H and O–H groups in total. The lowest BCUT2D eigenvalue weighted by molar-refractivity contribution is -0.384. The highest BCUT2D eigenvalue weighted by Crippen LogP contribution is 2.32. The number of nitrogens with one attached hydrogen (secondary N) is 1. The molecule has 4 rings (SSSR count). The van der Waals surface area contributed by atoms with Gasteiger partial charge in [-0.05, 0) is 48.5 Å². The number of rotatable bonds is 6. The molecule has 1 aliphatic rings. The van der Waals surface area contributed by atoms with Gasteiger partial charge in [0.15, 0.2) is 0 Å². The first-order valence-corrected chi connectivity index (χ1v) is 10.8. The lowest BCUT2D eigenvalue weighted by Crippen LogP contribution is -2.36. The largest absolute Gasteiger partial charge is 0.457 e. The number of nitro groups is 1. The van der Waals surface area contributed by atoms with Crippen LogP contribution in [0.3, 0.4) is 0 Å². The first-order chi connectivity index (χ1) is 15.9. The molecule has 0 aliphatic carbocycles. The molecule has 0 bridgehead atoms. The fourth-order valence-corrected chi connectivity index (χ4v) is 3.98. The number of hydrogen-bond donors (Lipinski definition) is 1. The number of amides is 1. The molecule has 0 spiro atoms. The lowest BCUT2D eigenvalue weighted by Gasteiger charge is -2.28. The summed E-state index contributed by atoms with van der Waals surface area (Å²) in [4.78, 5) is 25.4. The number of anilines is 2. The third-order valence-electron chi connectivity index (χ3n) is 4.96. The van der Waals surface area contributed by atoms with Crippen LogP contribution in [0.15, 0.2) is 59.0 Å². The van der Waals surface area contributed by atoms with E-state index in [0.717, 1.165) is 0 Å². The van der Waals surface area contributed by atoms with Crippen LogP contribution >= 0.6 is 23.2 Å². The number of hydrogen-bond acceptors (Lipinski definition) is 6. The third-order valence-corrected chi connectivity index (χ3v) is 5.40. The van der Waals surface area contributed by atoms with Crippen molar-refractivity contribution in [3.63, 3.8) is 0 Å². The van der Waals surface area contributed by atoms with E-state index in [1.54, 1.807) is 42.5 Å². The fourth-order valence-electron chi connectivity index (χ4n) is 3.45. The Kier molecular flexibility index (Phi) is 6.98. The summed E-state index contributed by atoms with van der Waals surface area (Å²) < 4.78 is 11.0. The molecule has 1 aromatic heterocycles. The van der Waals surface area contributed by atoms with Crippen molar-refractivity contribution < 1.29 is 18.9 Å². The summed E-state index contributed by atoms with van der Waals surface area (Å²) in [6.07, 6.45) is 2.79. The number of benzene rings is 2. The lowest BCUT2D eigenvalue weighted by atomic mass is 10.2. The number of nitro benzene ring substituents is 1. The second-order valence-electron chi connectivity index (χ2n) is 7.24. The zero-order chi connectivity index (χ0) is 23.4. The van der Waals surface area contributed by atoms with E-state index in [-0.39, 0.29) is 5.69 Å². The van der Waals surface area contributed by atoms with Crippen molar-refractivity contribution in [2.75, 3.05) is 36.5 Å². The molecule has 33 heavy (non-hydrogen) atoms. The van der Waals surface area contributed by atoms with Gasteiger partial charge in [0.25, 0.3) is 5.69 Å². The van der Waals surface area contributed by atoms with E-state index < -0.39 is 10.8 Å². The monoisotopic (exact) mass is 487 g/mol. The molecule has 2 aromatic carbocycles. The molecule has 1 aliphatic heterocycles. The van der Waals surface area contributed by atoms with Gasteiger partial charge in [-0.15, -0.1) is 0 Å². The van der Waals surface area contributed by atoms with Gasteiger partial charge in [0.1, 0.15) is 17.2 Å². The van der Waals surface area contributed by atoms with Crippen LogP contribution in [0.2, 0.25) is 10.0 Å². The number of nitrogens with zero attached hydrogens (tertiary/aromatic N) is 2. The molecule has 1 amide bonds. The van der Waals surface area contributed by atoms with Crippen molar-refractivity contribution >= 4 is 52.2 Å². The van der Waals surface area contributed by atoms with Crippen molar-refractivity contribution in [2.45, 2.75) is 0 Å². The summed E-state index contributed by atoms with van der Waals surface area (Å²) in [5.41, 5.74) is 1.46. The number of carbonyl (C=O) groups is 1. The highest BCUT2D eigenvalue weighted by molar-refractivity contribution is 6.35. The minimum Gasteiger partial charge on any atom is -0.457 e. The maximum atomic E-state index is 12.3. The van der Waals surface area contributed by atoms with Crippen molar-refractivity contribution in [3.05, 3.63) is 80.5 Å². The summed E-state index contributed by atoms with van der Waals surface area (Å²) in [7, 11) is 0. The Balaban J connectivity index is 1.45. The van der Waals surface area contributed by atoms with E-state index in [1.165, 1.54) is 18.2 Å². The van der Waals surface area contributed by atoms with Crippen LogP contribution in [0.5, 0.6) is 0 Å². The molecule has 1 fully saturated rings. The zero-order valence-corrected chi connectivity index (χ0v) is 18.8. The van der Waals surface area contributed by atoms with Crippen LogP contribution in [0.4, 0.5) is 17.1 Å². The number of ether oxygens (including phenoxy) is 1. The van der Waals surface area contributed by atoms with E-state index in [1.807, 2.05) is 4.90 Å². The average molecular weight is 488 g/mol. The van der Waals surface area contributed by atoms with Gasteiger partial charge in [-0.2, -0.15) is 0 Å². The Morgan fingerprint density at radius 2 is 1.79 bits per heavy atom. The minimum atomic E-state index is -0.456. The first kappa shape index (κ1) is 22.8. The van der Waals surface area contributed by atoms with Gasteiger partial charge >= 0.3 is 0 Å². The second-order valence-corrected chi connectivity index (χ2v) is 8.12. The average Bonchev–Trinajstić information content (AvgIpc) is 3.27. The summed E-state index contributed by atoms with van der Waals surface area (Å²) in [5.74, 6) is 0.547. The third kappa shape index (κ3) is 5.73. The smallest absolute Gasteiger partial charge is 0.294 e. The molecule has 0 atom stereocenters.